The minimum atomic E-state index is -1.19. The molecule has 0 aromatic heterocycles. The molecule has 0 aromatic carbocycles. The smallest absolute Gasteiger partial charge is 0.172 e. The van der Waals surface area contributed by atoms with E-state index in [1.807, 2.05) is 6.92 Å². The van der Waals surface area contributed by atoms with Crippen LogP contribution in [0.5, 0.6) is 0 Å². The monoisotopic (exact) mass is 312 g/mol. The van der Waals surface area contributed by atoms with E-state index >= 15 is 0 Å². The summed E-state index contributed by atoms with van der Waals surface area (Å²) >= 11 is 0. The molecule has 120 valence electrons. The van der Waals surface area contributed by atoms with Gasteiger partial charge in [0.1, 0.15) is 0 Å². The van der Waals surface area contributed by atoms with Crippen LogP contribution in [0.3, 0.4) is 0 Å². The normalized spacial score (nSPS) is 46.8. The molecular weight excluding hydrogens is 284 g/mol. The first-order valence-electron chi connectivity index (χ1n) is 8.03. The van der Waals surface area contributed by atoms with Crippen molar-refractivity contribution < 1.29 is 19.3 Å². The summed E-state index contributed by atoms with van der Waals surface area (Å²) in [5, 5.41) is 9.62. The van der Waals surface area contributed by atoms with Gasteiger partial charge in [0.05, 0.1) is 39.6 Å². The van der Waals surface area contributed by atoms with Crippen molar-refractivity contribution in [2.24, 2.45) is 5.41 Å². The zero-order valence-corrected chi connectivity index (χ0v) is 14.6. The van der Waals surface area contributed by atoms with E-state index in [0.717, 1.165) is 19.3 Å². The molecule has 3 aliphatic rings. The zero-order chi connectivity index (χ0) is 15.3. The van der Waals surface area contributed by atoms with E-state index in [2.05, 4.69) is 31.4 Å². The molecule has 0 saturated carbocycles. The van der Waals surface area contributed by atoms with Crippen molar-refractivity contribution >= 4 is 8.07 Å². The molecule has 5 atom stereocenters. The van der Waals surface area contributed by atoms with Crippen molar-refractivity contribution in [3.8, 4) is 0 Å². The van der Waals surface area contributed by atoms with Crippen LogP contribution in [0.2, 0.25) is 19.6 Å². The molecule has 21 heavy (non-hydrogen) atoms. The van der Waals surface area contributed by atoms with Gasteiger partial charge in [-0.1, -0.05) is 38.3 Å². The van der Waals surface area contributed by atoms with Crippen LogP contribution in [-0.2, 0) is 14.2 Å². The first-order valence-corrected chi connectivity index (χ1v) is 11.6. The Morgan fingerprint density at radius 3 is 2.71 bits per heavy atom. The minimum Gasteiger partial charge on any atom is -0.396 e. The second-order valence-electron chi connectivity index (χ2n) is 8.23. The van der Waals surface area contributed by atoms with Crippen LogP contribution in [-0.4, -0.2) is 50.5 Å². The number of rotatable bonds is 3. The van der Waals surface area contributed by atoms with Crippen LogP contribution in [0, 0.1) is 5.41 Å². The molecule has 3 saturated heterocycles. The summed E-state index contributed by atoms with van der Waals surface area (Å²) in [6.07, 6.45) is 5.15. The van der Waals surface area contributed by atoms with Gasteiger partial charge in [0.2, 0.25) is 0 Å². The molecule has 0 bridgehead atoms. The van der Waals surface area contributed by atoms with Gasteiger partial charge in [-0.05, 0) is 6.42 Å². The lowest BCUT2D eigenvalue weighted by molar-refractivity contribution is -0.226. The molecule has 0 radical (unpaired) electrons. The van der Waals surface area contributed by atoms with E-state index in [9.17, 15) is 5.11 Å². The summed E-state index contributed by atoms with van der Waals surface area (Å²) in [4.78, 5) is 0. The quantitative estimate of drug-likeness (QED) is 0.813. The Morgan fingerprint density at radius 1 is 1.29 bits per heavy atom. The Labute approximate surface area is 128 Å². The van der Waals surface area contributed by atoms with Crippen molar-refractivity contribution in [2.45, 2.75) is 69.9 Å². The molecule has 3 rings (SSSR count). The van der Waals surface area contributed by atoms with Crippen molar-refractivity contribution in [2.75, 3.05) is 13.2 Å². The lowest BCUT2D eigenvalue weighted by atomic mass is 9.86. The second kappa shape index (κ2) is 5.17. The average molecular weight is 312 g/mol. The molecule has 5 heteroatoms. The number of hydrogen-bond acceptors (Lipinski definition) is 4. The molecule has 0 aliphatic carbocycles. The second-order valence-corrected chi connectivity index (χ2v) is 13.3. The highest BCUT2D eigenvalue weighted by atomic mass is 28.3. The highest BCUT2D eigenvalue weighted by Gasteiger charge is 2.60. The fraction of sp³-hybridized carbons (Fsp3) is 0.875. The van der Waals surface area contributed by atoms with Gasteiger partial charge in [-0.15, -0.1) is 0 Å². The predicted molar refractivity (Wildman–Crippen MR) is 83.7 cm³/mol. The lowest BCUT2D eigenvalue weighted by Crippen LogP contribution is -2.39. The van der Waals surface area contributed by atoms with Gasteiger partial charge in [0.15, 0.2) is 5.79 Å². The Hall–Kier alpha value is -0.203. The summed E-state index contributed by atoms with van der Waals surface area (Å²) in [5.74, 6) is -0.485. The van der Waals surface area contributed by atoms with Gasteiger partial charge in [-0.25, -0.2) is 0 Å². The molecule has 1 unspecified atom stereocenters. The van der Waals surface area contributed by atoms with E-state index in [1.165, 1.54) is 0 Å². The Kier molecular flexibility index (Phi) is 3.86. The number of hydrogen-bond donors (Lipinski definition) is 1. The third kappa shape index (κ3) is 2.99. The topological polar surface area (TPSA) is 47.9 Å². The van der Waals surface area contributed by atoms with Gasteiger partial charge in [-0.3, -0.25) is 0 Å². The van der Waals surface area contributed by atoms with Gasteiger partial charge < -0.3 is 19.3 Å². The highest BCUT2D eigenvalue weighted by Crippen LogP contribution is 2.50. The fourth-order valence-corrected chi connectivity index (χ4v) is 4.34. The molecule has 1 N–H and O–H groups in total. The van der Waals surface area contributed by atoms with E-state index < -0.39 is 13.9 Å². The summed E-state index contributed by atoms with van der Waals surface area (Å²) in [6, 6.07) is 0. The average Bonchev–Trinajstić information content (AvgIpc) is 3.05. The molecule has 3 aliphatic heterocycles. The summed E-state index contributed by atoms with van der Waals surface area (Å²) in [6.45, 7) is 9.69. The van der Waals surface area contributed by atoms with Crippen molar-refractivity contribution in [1.29, 1.82) is 0 Å². The van der Waals surface area contributed by atoms with Crippen molar-refractivity contribution in [1.82, 2.24) is 0 Å². The van der Waals surface area contributed by atoms with Crippen LogP contribution < -0.4 is 0 Å². The van der Waals surface area contributed by atoms with E-state index in [0.29, 0.717) is 6.61 Å². The van der Waals surface area contributed by atoms with Crippen molar-refractivity contribution in [3.63, 3.8) is 0 Å². The highest BCUT2D eigenvalue weighted by molar-refractivity contribution is 6.80. The first-order chi connectivity index (χ1) is 9.75. The zero-order valence-electron chi connectivity index (χ0n) is 13.6. The SMILES string of the molecule is C[C@@]1(CO)COC2C[C@]3(CC[C@@H](/C=C/[Si](C)(C)C)O3)O[C@@H]21. The Morgan fingerprint density at radius 2 is 2.05 bits per heavy atom. The molecule has 0 aromatic rings. The largest absolute Gasteiger partial charge is 0.396 e. The van der Waals surface area contributed by atoms with Gasteiger partial charge in [0, 0.05) is 18.3 Å². The third-order valence-electron chi connectivity index (χ3n) is 4.85. The maximum Gasteiger partial charge on any atom is 0.172 e. The minimum absolute atomic E-state index is 0.0396. The van der Waals surface area contributed by atoms with Crippen LogP contribution in [0.1, 0.15) is 26.2 Å². The first kappa shape index (κ1) is 15.7. The molecule has 3 fully saturated rings. The fourth-order valence-electron chi connectivity index (χ4n) is 3.55. The third-order valence-corrected chi connectivity index (χ3v) is 6.05. The summed E-state index contributed by atoms with van der Waals surface area (Å²) in [7, 11) is -1.19. The molecule has 1 spiro atoms. The number of aliphatic hydroxyl groups is 1. The summed E-state index contributed by atoms with van der Waals surface area (Å²) in [5.41, 5.74) is 2.06. The maximum absolute atomic E-state index is 9.62. The standard InChI is InChI=1S/C16H28O4Si/c1-15(10-17)11-18-13-9-16(20-14(13)15)7-5-12(19-16)6-8-21(2,3)4/h6,8,12-14,17H,5,7,9-11H2,1-4H3/b8-6+/t12-,13?,14-,15+,16-/m0/s1. The maximum atomic E-state index is 9.62. The molecule has 0 amide bonds. The summed E-state index contributed by atoms with van der Waals surface area (Å²) < 4.78 is 18.3. The van der Waals surface area contributed by atoms with E-state index in [1.54, 1.807) is 0 Å². The lowest BCUT2D eigenvalue weighted by Gasteiger charge is -2.30. The van der Waals surface area contributed by atoms with Crippen molar-refractivity contribution in [3.05, 3.63) is 11.8 Å². The molecule has 3 heterocycles. The Bertz CT molecular complexity index is 432. The predicted octanol–water partition coefficient (Wildman–Crippen LogP) is 2.48. The van der Waals surface area contributed by atoms with E-state index in [-0.39, 0.29) is 30.3 Å². The molecule has 4 nitrogen and oxygen atoms in total. The van der Waals surface area contributed by atoms with Crippen LogP contribution in [0.15, 0.2) is 11.8 Å². The van der Waals surface area contributed by atoms with Gasteiger partial charge >= 0.3 is 0 Å². The van der Waals surface area contributed by atoms with E-state index in [4.69, 9.17) is 14.2 Å². The number of fused-ring (bicyclic) bond motifs is 1. The van der Waals surface area contributed by atoms with Crippen LogP contribution in [0.4, 0.5) is 0 Å². The molecular formula is C16H28O4Si. The number of aliphatic hydroxyl groups excluding tert-OH is 1. The van der Waals surface area contributed by atoms with Crippen LogP contribution in [0.25, 0.3) is 0 Å². The Balaban J connectivity index is 1.66. The number of ether oxygens (including phenoxy) is 3. The van der Waals surface area contributed by atoms with Crippen LogP contribution >= 0.6 is 0 Å². The van der Waals surface area contributed by atoms with Gasteiger partial charge in [-0.2, -0.15) is 0 Å². The van der Waals surface area contributed by atoms with Gasteiger partial charge in [0.25, 0.3) is 0 Å².